The molecule has 0 aromatic rings. The van der Waals surface area contributed by atoms with Gasteiger partial charge in [0.1, 0.15) is 5.60 Å². The van der Waals surface area contributed by atoms with Crippen molar-refractivity contribution in [2.75, 3.05) is 13.7 Å². The summed E-state index contributed by atoms with van der Waals surface area (Å²) < 4.78 is 9.89. The number of ether oxygens (including phenoxy) is 2. The van der Waals surface area contributed by atoms with E-state index in [4.69, 9.17) is 14.3 Å². The van der Waals surface area contributed by atoms with Crippen molar-refractivity contribution in [3.8, 4) is 0 Å². The first kappa shape index (κ1) is 18.7. The van der Waals surface area contributed by atoms with Crippen molar-refractivity contribution >= 4 is 12.1 Å². The van der Waals surface area contributed by atoms with Crippen LogP contribution in [0.5, 0.6) is 0 Å². The Balaban J connectivity index is 4.80. The Bertz CT molecular complexity index is 336. The highest BCUT2D eigenvalue weighted by molar-refractivity contribution is 5.78. The highest BCUT2D eigenvalue weighted by Crippen LogP contribution is 2.22. The molecule has 7 nitrogen and oxygen atoms in total. The van der Waals surface area contributed by atoms with Gasteiger partial charge in [0.15, 0.2) is 0 Å². The van der Waals surface area contributed by atoms with Crippen LogP contribution in [0.2, 0.25) is 0 Å². The topological polar surface area (TPSA) is 94.1 Å². The van der Waals surface area contributed by atoms with Gasteiger partial charge >= 0.3 is 12.1 Å². The van der Waals surface area contributed by atoms with Gasteiger partial charge in [-0.1, -0.05) is 13.8 Å². The standard InChI is InChI=1S/C13H25NO6/c1-9(2)7-13(8-18-6,10(15)16)20-14-11(17)19-12(3,4)5/h9H,7-8H2,1-6H3,(H,14,17)(H,15,16)/t13-/m1/s1. The van der Waals surface area contributed by atoms with Gasteiger partial charge < -0.3 is 14.6 Å². The summed E-state index contributed by atoms with van der Waals surface area (Å²) in [5.74, 6) is -1.16. The van der Waals surface area contributed by atoms with Crippen molar-refractivity contribution < 1.29 is 29.0 Å². The summed E-state index contributed by atoms with van der Waals surface area (Å²) in [5, 5.41) is 9.35. The van der Waals surface area contributed by atoms with Crippen LogP contribution in [0.4, 0.5) is 4.79 Å². The molecule has 0 aliphatic carbocycles. The van der Waals surface area contributed by atoms with E-state index in [0.717, 1.165) is 0 Å². The summed E-state index contributed by atoms with van der Waals surface area (Å²) in [5.41, 5.74) is -0.305. The van der Waals surface area contributed by atoms with Gasteiger partial charge in [0.2, 0.25) is 5.60 Å². The molecule has 0 aromatic heterocycles. The van der Waals surface area contributed by atoms with E-state index in [1.165, 1.54) is 7.11 Å². The van der Waals surface area contributed by atoms with E-state index in [-0.39, 0.29) is 18.9 Å². The van der Waals surface area contributed by atoms with Gasteiger partial charge in [-0.3, -0.25) is 0 Å². The highest BCUT2D eigenvalue weighted by atomic mass is 16.7. The Morgan fingerprint density at radius 3 is 2.15 bits per heavy atom. The van der Waals surface area contributed by atoms with Crippen molar-refractivity contribution in [3.63, 3.8) is 0 Å². The fourth-order valence-corrected chi connectivity index (χ4v) is 1.65. The second-order valence-electron chi connectivity index (χ2n) is 6.04. The van der Waals surface area contributed by atoms with Gasteiger partial charge in [-0.2, -0.15) is 5.48 Å². The monoisotopic (exact) mass is 291 g/mol. The number of hydroxylamine groups is 1. The Kier molecular flexibility index (Phi) is 6.95. The summed E-state index contributed by atoms with van der Waals surface area (Å²) in [6.07, 6.45) is -0.658. The van der Waals surface area contributed by atoms with Gasteiger partial charge in [0.05, 0.1) is 6.61 Å². The third-order valence-electron chi connectivity index (χ3n) is 2.23. The molecule has 118 valence electrons. The van der Waals surface area contributed by atoms with Crippen LogP contribution in [0.1, 0.15) is 41.0 Å². The fraction of sp³-hybridized carbons (Fsp3) is 0.846. The minimum absolute atomic E-state index is 0.0432. The molecule has 20 heavy (non-hydrogen) atoms. The molecule has 0 aliphatic rings. The average Bonchev–Trinajstić information content (AvgIpc) is 2.22. The summed E-state index contributed by atoms with van der Waals surface area (Å²) in [7, 11) is 1.37. The Morgan fingerprint density at radius 1 is 1.25 bits per heavy atom. The molecular weight excluding hydrogens is 266 g/mol. The number of methoxy groups -OCH3 is 1. The van der Waals surface area contributed by atoms with Crippen LogP contribution >= 0.6 is 0 Å². The van der Waals surface area contributed by atoms with Gasteiger partial charge in [0.25, 0.3) is 0 Å². The van der Waals surface area contributed by atoms with Crippen LogP contribution < -0.4 is 5.48 Å². The van der Waals surface area contributed by atoms with Crippen LogP contribution in [-0.2, 0) is 19.1 Å². The fourth-order valence-electron chi connectivity index (χ4n) is 1.65. The molecular formula is C13H25NO6. The number of aliphatic carboxylic acids is 1. The van der Waals surface area contributed by atoms with E-state index in [1.807, 2.05) is 19.3 Å². The smallest absolute Gasteiger partial charge is 0.431 e. The van der Waals surface area contributed by atoms with Crippen LogP contribution in [-0.4, -0.2) is 42.1 Å². The number of rotatable bonds is 7. The van der Waals surface area contributed by atoms with Crippen molar-refractivity contribution in [1.82, 2.24) is 5.48 Å². The summed E-state index contributed by atoms with van der Waals surface area (Å²) in [4.78, 5) is 28.1. The van der Waals surface area contributed by atoms with Crippen LogP contribution in [0, 0.1) is 5.92 Å². The molecule has 7 heteroatoms. The zero-order chi connectivity index (χ0) is 16.0. The normalized spacial score (nSPS) is 14.8. The maximum absolute atomic E-state index is 11.5. The van der Waals surface area contributed by atoms with Crippen LogP contribution in [0.3, 0.4) is 0 Å². The summed E-state index contributed by atoms with van der Waals surface area (Å²) in [6, 6.07) is 0. The van der Waals surface area contributed by atoms with E-state index in [9.17, 15) is 14.7 Å². The van der Waals surface area contributed by atoms with Gasteiger partial charge in [-0.05, 0) is 33.1 Å². The Morgan fingerprint density at radius 2 is 1.80 bits per heavy atom. The first-order valence-electron chi connectivity index (χ1n) is 6.42. The minimum atomic E-state index is -1.64. The van der Waals surface area contributed by atoms with E-state index < -0.39 is 23.3 Å². The van der Waals surface area contributed by atoms with Crippen molar-refractivity contribution in [2.45, 2.75) is 52.2 Å². The number of hydrogen-bond acceptors (Lipinski definition) is 5. The molecule has 1 amide bonds. The molecule has 0 saturated heterocycles. The molecule has 1 atom stereocenters. The van der Waals surface area contributed by atoms with E-state index in [1.54, 1.807) is 20.8 Å². The minimum Gasteiger partial charge on any atom is -0.479 e. The molecule has 0 aromatic carbocycles. The Labute approximate surface area is 119 Å². The lowest BCUT2D eigenvalue weighted by atomic mass is 9.93. The third-order valence-corrected chi connectivity index (χ3v) is 2.23. The predicted octanol–water partition coefficient (Wildman–Crippen LogP) is 1.96. The quantitative estimate of drug-likeness (QED) is 0.696. The maximum atomic E-state index is 11.5. The number of nitrogens with one attached hydrogen (secondary N) is 1. The molecule has 0 rings (SSSR count). The second kappa shape index (κ2) is 7.44. The van der Waals surface area contributed by atoms with Gasteiger partial charge in [-0.15, -0.1) is 0 Å². The molecule has 0 heterocycles. The SMILES string of the molecule is COC[C@@](CC(C)C)(ONC(=O)OC(C)(C)C)C(=O)O. The maximum Gasteiger partial charge on any atom is 0.431 e. The number of carboxylic acids is 1. The molecule has 0 fully saturated rings. The summed E-state index contributed by atoms with van der Waals surface area (Å²) in [6.45, 7) is 8.60. The number of amides is 1. The average molecular weight is 291 g/mol. The molecule has 0 saturated carbocycles. The molecule has 0 bridgehead atoms. The zero-order valence-electron chi connectivity index (χ0n) is 13.0. The molecule has 0 radical (unpaired) electrons. The first-order chi connectivity index (χ1) is 9.02. The van der Waals surface area contributed by atoms with Crippen molar-refractivity contribution in [1.29, 1.82) is 0 Å². The molecule has 0 unspecified atom stereocenters. The lowest BCUT2D eigenvalue weighted by Crippen LogP contribution is -2.51. The van der Waals surface area contributed by atoms with Gasteiger partial charge in [-0.25, -0.2) is 14.4 Å². The second-order valence-corrected chi connectivity index (χ2v) is 6.04. The predicted molar refractivity (Wildman–Crippen MR) is 72.2 cm³/mol. The van der Waals surface area contributed by atoms with Crippen LogP contribution in [0.25, 0.3) is 0 Å². The first-order valence-corrected chi connectivity index (χ1v) is 6.42. The number of carbonyl (C=O) groups is 2. The van der Waals surface area contributed by atoms with Crippen molar-refractivity contribution in [3.05, 3.63) is 0 Å². The van der Waals surface area contributed by atoms with Gasteiger partial charge in [0, 0.05) is 7.11 Å². The van der Waals surface area contributed by atoms with Crippen molar-refractivity contribution in [2.24, 2.45) is 5.92 Å². The molecule has 2 N–H and O–H groups in total. The highest BCUT2D eigenvalue weighted by Gasteiger charge is 2.42. The van der Waals surface area contributed by atoms with E-state index >= 15 is 0 Å². The molecule has 0 aliphatic heterocycles. The third kappa shape index (κ3) is 6.72. The van der Waals surface area contributed by atoms with E-state index in [0.29, 0.717) is 0 Å². The Hall–Kier alpha value is -1.34. The van der Waals surface area contributed by atoms with Crippen LogP contribution in [0.15, 0.2) is 0 Å². The summed E-state index contributed by atoms with van der Waals surface area (Å²) >= 11 is 0. The number of carbonyl (C=O) groups excluding carboxylic acids is 1. The largest absolute Gasteiger partial charge is 0.479 e. The number of carboxylic acid groups (broad SMARTS) is 1. The lowest BCUT2D eigenvalue weighted by Gasteiger charge is -2.30. The lowest BCUT2D eigenvalue weighted by molar-refractivity contribution is -0.188. The van der Waals surface area contributed by atoms with E-state index in [2.05, 4.69) is 0 Å². The zero-order valence-corrected chi connectivity index (χ0v) is 13.0. The number of hydrogen-bond donors (Lipinski definition) is 2. The molecule has 0 spiro atoms.